The Labute approximate surface area is 155 Å². The van der Waals surface area contributed by atoms with Crippen molar-refractivity contribution in [1.82, 2.24) is 10.2 Å². The van der Waals surface area contributed by atoms with Gasteiger partial charge in [-0.25, -0.2) is 0 Å². The van der Waals surface area contributed by atoms with Crippen LogP contribution in [0, 0.1) is 0 Å². The topological polar surface area (TPSA) is 44.7 Å². The molecule has 0 unspecified atom stereocenters. The second-order valence-corrected chi connectivity index (χ2v) is 7.65. The predicted octanol–water partition coefficient (Wildman–Crippen LogP) is 2.86. The van der Waals surface area contributed by atoms with Crippen LogP contribution in [0.1, 0.15) is 35.6 Å². The average Bonchev–Trinajstić information content (AvgIpc) is 2.92. The highest BCUT2D eigenvalue weighted by Gasteiger charge is 2.52. The predicted molar refractivity (Wildman–Crippen MR) is 103 cm³/mol. The fourth-order valence-electron chi connectivity index (χ4n) is 4.87. The molecule has 1 aliphatic heterocycles. The Morgan fingerprint density at radius 2 is 1.81 bits per heavy atom. The van der Waals surface area contributed by atoms with E-state index in [1.165, 1.54) is 16.7 Å². The average molecular weight is 352 g/mol. The van der Waals surface area contributed by atoms with E-state index in [4.69, 9.17) is 4.74 Å². The Morgan fingerprint density at radius 3 is 2.50 bits per heavy atom. The maximum absolute atomic E-state index is 11.4. The van der Waals surface area contributed by atoms with Crippen LogP contribution in [-0.4, -0.2) is 43.4 Å². The van der Waals surface area contributed by atoms with Crippen molar-refractivity contribution in [2.45, 2.75) is 36.9 Å². The lowest BCUT2D eigenvalue weighted by Gasteiger charge is -2.40. The van der Waals surface area contributed by atoms with Crippen LogP contribution < -0.4 is 10.1 Å². The third-order valence-electron chi connectivity index (χ3n) is 6.24. The highest BCUT2D eigenvalue weighted by atomic mass is 16.5. The molecule has 1 fully saturated rings. The van der Waals surface area contributed by atoms with Crippen molar-refractivity contribution in [2.75, 3.05) is 27.2 Å². The number of hydrogen-bond acceptors (Lipinski definition) is 4. The Kier molecular flexibility index (Phi) is 4.74. The molecular weight excluding hydrogens is 324 g/mol. The first-order valence-corrected chi connectivity index (χ1v) is 9.47. The van der Waals surface area contributed by atoms with E-state index in [-0.39, 0.29) is 17.6 Å². The molecule has 2 aromatic rings. The number of nitrogens with one attached hydrogen (secondary N) is 1. The summed E-state index contributed by atoms with van der Waals surface area (Å²) >= 11 is 0. The van der Waals surface area contributed by atoms with Crippen LogP contribution >= 0.6 is 0 Å². The molecular formula is C22H28N2O2. The first-order chi connectivity index (χ1) is 12.7. The van der Waals surface area contributed by atoms with E-state index in [0.717, 1.165) is 38.2 Å². The van der Waals surface area contributed by atoms with Crippen molar-refractivity contribution < 1.29 is 9.84 Å². The molecule has 0 aromatic heterocycles. The van der Waals surface area contributed by atoms with E-state index < -0.39 is 0 Å². The van der Waals surface area contributed by atoms with Gasteiger partial charge < -0.3 is 15.2 Å². The van der Waals surface area contributed by atoms with Gasteiger partial charge in [-0.15, -0.1) is 0 Å². The number of rotatable bonds is 4. The van der Waals surface area contributed by atoms with Crippen LogP contribution in [0.5, 0.6) is 5.75 Å². The van der Waals surface area contributed by atoms with Crippen molar-refractivity contribution in [3.8, 4) is 5.75 Å². The van der Waals surface area contributed by atoms with Crippen LogP contribution in [0.25, 0.3) is 0 Å². The lowest BCUT2D eigenvalue weighted by Crippen LogP contribution is -2.48. The summed E-state index contributed by atoms with van der Waals surface area (Å²) in [5, 5.41) is 14.9. The number of fused-ring (bicyclic) bond motifs is 2. The summed E-state index contributed by atoms with van der Waals surface area (Å²) in [6.45, 7) is 2.75. The molecule has 1 aliphatic carbocycles. The molecule has 4 nitrogen and oxygen atoms in total. The smallest absolute Gasteiger partial charge is 0.118 e. The zero-order valence-electron chi connectivity index (χ0n) is 15.6. The largest absolute Gasteiger partial charge is 0.497 e. The number of benzene rings is 2. The van der Waals surface area contributed by atoms with E-state index in [1.54, 1.807) is 7.11 Å². The normalized spacial score (nSPS) is 24.0. The van der Waals surface area contributed by atoms with E-state index in [2.05, 4.69) is 53.7 Å². The molecule has 4 rings (SSSR count). The number of aliphatic hydroxyl groups excluding tert-OH is 1. The van der Waals surface area contributed by atoms with Gasteiger partial charge >= 0.3 is 0 Å². The summed E-state index contributed by atoms with van der Waals surface area (Å²) in [4.78, 5) is 2.29. The molecule has 2 N–H and O–H groups in total. The maximum Gasteiger partial charge on any atom is 0.118 e. The Morgan fingerprint density at radius 1 is 1.12 bits per heavy atom. The van der Waals surface area contributed by atoms with E-state index in [1.807, 2.05) is 12.1 Å². The van der Waals surface area contributed by atoms with E-state index >= 15 is 0 Å². The molecule has 138 valence electrons. The van der Waals surface area contributed by atoms with E-state index in [9.17, 15) is 5.11 Å². The van der Waals surface area contributed by atoms with Crippen molar-refractivity contribution in [3.05, 3.63) is 65.2 Å². The summed E-state index contributed by atoms with van der Waals surface area (Å²) < 4.78 is 5.25. The lowest BCUT2D eigenvalue weighted by molar-refractivity contribution is 0.00419. The summed E-state index contributed by atoms with van der Waals surface area (Å²) in [6.07, 6.45) is 1.63. The van der Waals surface area contributed by atoms with E-state index in [0.29, 0.717) is 0 Å². The zero-order chi connectivity index (χ0) is 18.1. The number of hydrogen-bond donors (Lipinski definition) is 2. The van der Waals surface area contributed by atoms with Crippen molar-refractivity contribution in [1.29, 1.82) is 0 Å². The second-order valence-electron chi connectivity index (χ2n) is 7.65. The summed E-state index contributed by atoms with van der Waals surface area (Å²) in [7, 11) is 3.81. The van der Waals surface area contributed by atoms with Gasteiger partial charge in [0, 0.05) is 12.0 Å². The van der Waals surface area contributed by atoms with Crippen LogP contribution in [-0.2, 0) is 12.0 Å². The Bertz CT molecular complexity index is 753. The molecule has 1 saturated heterocycles. The third kappa shape index (κ3) is 2.82. The number of likely N-dealkylation sites (N-methyl/N-ethyl adjacent to an activating group) is 1. The summed E-state index contributed by atoms with van der Waals surface area (Å²) in [5.41, 5.74) is 3.75. The van der Waals surface area contributed by atoms with Crippen LogP contribution in [0.3, 0.4) is 0 Å². The molecule has 26 heavy (non-hydrogen) atoms. The minimum absolute atomic E-state index is 0.0337. The molecule has 0 bridgehead atoms. The molecule has 2 aliphatic rings. The number of methoxy groups -OCH3 is 1. The van der Waals surface area contributed by atoms with Gasteiger partial charge in [0.1, 0.15) is 5.75 Å². The number of nitrogens with zero attached hydrogens (tertiary/aromatic N) is 1. The first-order valence-electron chi connectivity index (χ1n) is 9.47. The van der Waals surface area contributed by atoms with Crippen molar-refractivity contribution in [2.24, 2.45) is 0 Å². The molecule has 0 radical (unpaired) electrons. The van der Waals surface area contributed by atoms with Crippen LogP contribution in [0.2, 0.25) is 0 Å². The third-order valence-corrected chi connectivity index (χ3v) is 6.24. The molecule has 0 amide bonds. The minimum Gasteiger partial charge on any atom is -0.497 e. The van der Waals surface area contributed by atoms with Gasteiger partial charge in [0.05, 0.1) is 19.3 Å². The van der Waals surface area contributed by atoms with Gasteiger partial charge in [0.15, 0.2) is 0 Å². The second kappa shape index (κ2) is 7.03. The number of aliphatic hydroxyl groups is 1. The quantitative estimate of drug-likeness (QED) is 0.888. The van der Waals surface area contributed by atoms with Gasteiger partial charge in [-0.3, -0.25) is 4.90 Å². The maximum atomic E-state index is 11.4. The molecule has 1 spiro atoms. The van der Waals surface area contributed by atoms with Crippen molar-refractivity contribution >= 4 is 0 Å². The highest BCUT2D eigenvalue weighted by Crippen LogP contribution is 2.51. The van der Waals surface area contributed by atoms with Crippen LogP contribution in [0.15, 0.2) is 48.5 Å². The molecule has 1 heterocycles. The van der Waals surface area contributed by atoms with Gasteiger partial charge in [0.25, 0.3) is 0 Å². The lowest BCUT2D eigenvalue weighted by atomic mass is 9.72. The fraction of sp³-hybridized carbons (Fsp3) is 0.455. The summed E-state index contributed by atoms with van der Waals surface area (Å²) in [5.74, 6) is 0.872. The highest BCUT2D eigenvalue weighted by molar-refractivity contribution is 5.45. The van der Waals surface area contributed by atoms with Crippen LogP contribution in [0.4, 0.5) is 0 Å². The number of piperidine rings is 1. The van der Waals surface area contributed by atoms with Gasteiger partial charge in [-0.05, 0) is 61.8 Å². The monoisotopic (exact) mass is 352 g/mol. The zero-order valence-corrected chi connectivity index (χ0v) is 15.6. The first kappa shape index (κ1) is 17.5. The standard InChI is InChI=1S/C22H28N2O2/c1-24(15-16-7-9-17(26-2)10-8-16)20-18-5-3-4-6-19(18)22(21(20)25)11-13-23-14-12-22/h3-10,20-21,23,25H,11-15H2,1-2H3/t20-,21+/m0/s1. The Balaban J connectivity index is 1.63. The SMILES string of the molecule is COc1ccc(CN(C)[C@H]2c3ccccc3C3(CCNCC3)[C@@H]2O)cc1. The molecule has 4 heteroatoms. The minimum atomic E-state index is -0.370. The molecule has 2 aromatic carbocycles. The summed E-state index contributed by atoms with van der Waals surface area (Å²) in [6, 6.07) is 16.9. The molecule has 2 atom stereocenters. The number of ether oxygens (including phenoxy) is 1. The van der Waals surface area contributed by atoms with Crippen molar-refractivity contribution in [3.63, 3.8) is 0 Å². The van der Waals surface area contributed by atoms with Gasteiger partial charge in [-0.2, -0.15) is 0 Å². The fourth-order valence-corrected chi connectivity index (χ4v) is 4.87. The molecule has 0 saturated carbocycles. The van der Waals surface area contributed by atoms with Gasteiger partial charge in [-0.1, -0.05) is 36.4 Å². The van der Waals surface area contributed by atoms with Gasteiger partial charge in [0.2, 0.25) is 0 Å². The Hall–Kier alpha value is -1.88.